The van der Waals surface area contributed by atoms with Crippen LogP contribution >= 0.6 is 11.8 Å². The summed E-state index contributed by atoms with van der Waals surface area (Å²) in [5.41, 5.74) is 16.7. The maximum Gasteiger partial charge on any atom is 0.182 e. The second-order valence-electron chi connectivity index (χ2n) is 14.3. The highest BCUT2D eigenvalue weighted by Crippen LogP contribution is 2.64. The first kappa shape index (κ1) is 32.5. The molecular formula is C52H33N3S. The molecular weight excluding hydrogens is 699 g/mol. The molecule has 0 unspecified atom stereocenters. The van der Waals surface area contributed by atoms with Gasteiger partial charge in [-0.05, 0) is 67.8 Å². The van der Waals surface area contributed by atoms with Crippen LogP contribution in [-0.4, -0.2) is 15.2 Å². The molecule has 0 saturated carbocycles. The van der Waals surface area contributed by atoms with Crippen molar-refractivity contribution in [2.75, 3.05) is 0 Å². The Labute approximate surface area is 330 Å². The lowest BCUT2D eigenvalue weighted by molar-refractivity contribution is 0.724. The molecule has 0 radical (unpaired) electrons. The third kappa shape index (κ3) is 4.96. The molecule has 1 aliphatic heterocycles. The van der Waals surface area contributed by atoms with Crippen LogP contribution in [0.15, 0.2) is 210 Å². The highest BCUT2D eigenvalue weighted by molar-refractivity contribution is 7.99. The van der Waals surface area contributed by atoms with Gasteiger partial charge < -0.3 is 0 Å². The van der Waals surface area contributed by atoms with E-state index in [1.807, 2.05) is 60.3 Å². The first-order valence-electron chi connectivity index (χ1n) is 18.9. The van der Waals surface area contributed by atoms with Crippen molar-refractivity contribution in [3.05, 3.63) is 222 Å². The number of hydrogen-bond donors (Lipinski definition) is 0. The second kappa shape index (κ2) is 13.2. The lowest BCUT2D eigenvalue weighted by atomic mass is 9.65. The maximum absolute atomic E-state index is 5.13. The topological polar surface area (TPSA) is 38.7 Å². The summed E-state index contributed by atoms with van der Waals surface area (Å²) in [7, 11) is 0. The van der Waals surface area contributed by atoms with Gasteiger partial charge >= 0.3 is 0 Å². The van der Waals surface area contributed by atoms with E-state index < -0.39 is 5.41 Å². The Morgan fingerprint density at radius 3 is 1.48 bits per heavy atom. The minimum Gasteiger partial charge on any atom is -0.224 e. The summed E-state index contributed by atoms with van der Waals surface area (Å²) in [6, 6.07) is 71.8. The fraction of sp³-hybridized carbons (Fsp3) is 0.0192. The third-order valence-corrected chi connectivity index (χ3v) is 12.5. The Kier molecular flexibility index (Phi) is 7.64. The van der Waals surface area contributed by atoms with Gasteiger partial charge in [-0.1, -0.05) is 200 Å². The molecule has 0 saturated heterocycles. The number of aromatic nitrogens is 3. The summed E-state index contributed by atoms with van der Waals surface area (Å²) < 4.78 is 0. The van der Waals surface area contributed by atoms with Gasteiger partial charge in [-0.2, -0.15) is 0 Å². The molecule has 11 rings (SSSR count). The largest absolute Gasteiger partial charge is 0.224 e. The van der Waals surface area contributed by atoms with Gasteiger partial charge in [-0.15, -0.1) is 10.2 Å². The monoisotopic (exact) mass is 731 g/mol. The van der Waals surface area contributed by atoms with E-state index in [0.29, 0.717) is 5.82 Å². The molecule has 0 amide bonds. The molecule has 56 heavy (non-hydrogen) atoms. The van der Waals surface area contributed by atoms with Gasteiger partial charge in [-0.3, -0.25) is 0 Å². The summed E-state index contributed by atoms with van der Waals surface area (Å²) in [6.07, 6.45) is 0. The molecule has 9 aromatic rings. The Bertz CT molecular complexity index is 2890. The zero-order chi connectivity index (χ0) is 37.1. The first-order valence-corrected chi connectivity index (χ1v) is 19.8. The smallest absolute Gasteiger partial charge is 0.182 e. The molecule has 0 N–H and O–H groups in total. The van der Waals surface area contributed by atoms with Crippen molar-refractivity contribution in [2.24, 2.45) is 0 Å². The van der Waals surface area contributed by atoms with Crippen LogP contribution in [0, 0.1) is 0 Å². The number of benzene rings is 8. The molecule has 8 aromatic carbocycles. The quantitative estimate of drug-likeness (QED) is 0.177. The van der Waals surface area contributed by atoms with E-state index in [0.717, 1.165) is 33.6 Å². The molecule has 2 aliphatic rings. The summed E-state index contributed by atoms with van der Waals surface area (Å²) in [4.78, 5) is 7.73. The zero-order valence-corrected chi connectivity index (χ0v) is 31.1. The average Bonchev–Trinajstić information content (AvgIpc) is 3.58. The summed E-state index contributed by atoms with van der Waals surface area (Å²) >= 11 is 1.88. The van der Waals surface area contributed by atoms with Gasteiger partial charge in [0.25, 0.3) is 0 Å². The van der Waals surface area contributed by atoms with Gasteiger partial charge in [0.05, 0.1) is 5.41 Å². The van der Waals surface area contributed by atoms with Gasteiger partial charge in [0.2, 0.25) is 0 Å². The molecule has 2 heterocycles. The molecule has 0 fully saturated rings. The minimum atomic E-state index is -0.470. The van der Waals surface area contributed by atoms with Gasteiger partial charge in [0.15, 0.2) is 5.82 Å². The number of fused-ring (bicyclic) bond motifs is 9. The third-order valence-electron chi connectivity index (χ3n) is 11.3. The molecule has 0 bridgehead atoms. The number of nitrogens with zero attached hydrogens (tertiary/aromatic N) is 3. The Morgan fingerprint density at radius 2 is 0.804 bits per heavy atom. The Morgan fingerprint density at radius 1 is 0.321 bits per heavy atom. The van der Waals surface area contributed by atoms with Crippen molar-refractivity contribution in [2.45, 2.75) is 15.2 Å². The maximum atomic E-state index is 5.13. The standard InChI is InChI=1S/C52H33N3S/c1-3-16-35(17-4-1)50-49(53-51(55-54-50)37-18-5-2-6-19-37)36-32-30-34(31-33-36)38-20-7-8-21-39(38)41-23-15-24-42-40-22-9-10-25-43(40)52(48(41)42)44-26-11-13-28-46(44)56-47-29-14-12-27-45(47)52/h1-33H. The van der Waals surface area contributed by atoms with Crippen molar-refractivity contribution in [3.8, 4) is 67.3 Å². The van der Waals surface area contributed by atoms with Crippen molar-refractivity contribution in [3.63, 3.8) is 0 Å². The van der Waals surface area contributed by atoms with Gasteiger partial charge in [0, 0.05) is 26.5 Å². The summed E-state index contributed by atoms with van der Waals surface area (Å²) in [5.74, 6) is 0.604. The molecule has 262 valence electrons. The van der Waals surface area contributed by atoms with Gasteiger partial charge in [0.1, 0.15) is 11.4 Å². The normalized spacial score (nSPS) is 13.1. The van der Waals surface area contributed by atoms with E-state index in [1.165, 1.54) is 59.9 Å². The van der Waals surface area contributed by atoms with Crippen LogP contribution in [0.5, 0.6) is 0 Å². The molecule has 4 heteroatoms. The summed E-state index contributed by atoms with van der Waals surface area (Å²) in [5, 5.41) is 9.31. The van der Waals surface area contributed by atoms with E-state index >= 15 is 0 Å². The molecule has 1 aliphatic carbocycles. The van der Waals surface area contributed by atoms with Crippen LogP contribution in [-0.2, 0) is 5.41 Å². The van der Waals surface area contributed by atoms with Crippen molar-refractivity contribution < 1.29 is 0 Å². The van der Waals surface area contributed by atoms with Crippen LogP contribution in [0.1, 0.15) is 22.3 Å². The molecule has 0 atom stereocenters. The average molecular weight is 732 g/mol. The minimum absolute atomic E-state index is 0.470. The highest BCUT2D eigenvalue weighted by Gasteiger charge is 2.51. The predicted molar refractivity (Wildman–Crippen MR) is 228 cm³/mol. The van der Waals surface area contributed by atoms with E-state index in [4.69, 9.17) is 10.1 Å². The number of rotatable bonds is 5. The van der Waals surface area contributed by atoms with E-state index in [1.54, 1.807) is 0 Å². The van der Waals surface area contributed by atoms with Crippen LogP contribution in [0.4, 0.5) is 0 Å². The highest BCUT2D eigenvalue weighted by atomic mass is 32.2. The fourth-order valence-electron chi connectivity index (χ4n) is 8.94. The van der Waals surface area contributed by atoms with E-state index in [2.05, 4.69) is 157 Å². The lowest BCUT2D eigenvalue weighted by Gasteiger charge is -2.40. The predicted octanol–water partition coefficient (Wildman–Crippen LogP) is 13.0. The van der Waals surface area contributed by atoms with Crippen LogP contribution in [0.25, 0.3) is 67.3 Å². The molecule has 3 nitrogen and oxygen atoms in total. The van der Waals surface area contributed by atoms with E-state index in [-0.39, 0.29) is 0 Å². The second-order valence-corrected chi connectivity index (χ2v) is 15.4. The van der Waals surface area contributed by atoms with Crippen molar-refractivity contribution >= 4 is 11.8 Å². The Hall–Kier alpha value is -6.88. The Balaban J connectivity index is 1.09. The number of hydrogen-bond acceptors (Lipinski definition) is 4. The lowest BCUT2D eigenvalue weighted by Crippen LogP contribution is -2.32. The molecule has 1 aromatic heterocycles. The van der Waals surface area contributed by atoms with Crippen LogP contribution in [0.2, 0.25) is 0 Å². The summed E-state index contributed by atoms with van der Waals surface area (Å²) in [6.45, 7) is 0. The van der Waals surface area contributed by atoms with Crippen molar-refractivity contribution in [1.29, 1.82) is 0 Å². The zero-order valence-electron chi connectivity index (χ0n) is 30.3. The fourth-order valence-corrected chi connectivity index (χ4v) is 10.1. The van der Waals surface area contributed by atoms with Crippen LogP contribution in [0.3, 0.4) is 0 Å². The molecule has 1 spiro atoms. The van der Waals surface area contributed by atoms with Gasteiger partial charge in [-0.25, -0.2) is 4.98 Å². The SMILES string of the molecule is c1ccc(-c2nnc(-c3ccccc3)c(-c3ccc(-c4ccccc4-c4cccc5c4C4(c6ccccc6Sc6ccccc64)c4ccccc4-5)cc3)n2)cc1. The van der Waals surface area contributed by atoms with Crippen LogP contribution < -0.4 is 0 Å². The first-order chi connectivity index (χ1) is 27.8. The van der Waals surface area contributed by atoms with E-state index in [9.17, 15) is 0 Å². The van der Waals surface area contributed by atoms with Crippen molar-refractivity contribution in [1.82, 2.24) is 15.2 Å².